The molecule has 2 aromatic heterocycles. The Morgan fingerprint density at radius 3 is 2.71 bits per heavy atom. The molecular weight excluding hydrogens is 419 g/mol. The zero-order valence-electron chi connectivity index (χ0n) is 14.3. The molecule has 0 aliphatic carbocycles. The van der Waals surface area contributed by atoms with Crippen LogP contribution in [0.15, 0.2) is 46.1 Å². The second-order valence-electron chi connectivity index (χ2n) is 5.30. The molecule has 0 fully saturated rings. The molecule has 0 aliphatic rings. The van der Waals surface area contributed by atoms with E-state index in [1.165, 1.54) is 0 Å². The number of aliphatic imine (C=N–C) groups is 1. The number of ether oxygens (including phenoxy) is 1. The van der Waals surface area contributed by atoms with Gasteiger partial charge in [0.05, 0.1) is 25.5 Å². The number of hydrogen-bond donors (Lipinski definition) is 2. The highest BCUT2D eigenvalue weighted by molar-refractivity contribution is 14.0. The number of guanidine groups is 1. The fourth-order valence-corrected chi connectivity index (χ4v) is 1.91. The van der Waals surface area contributed by atoms with Gasteiger partial charge in [-0.2, -0.15) is 0 Å². The van der Waals surface area contributed by atoms with Gasteiger partial charge in [-0.1, -0.05) is 6.07 Å². The third-order valence-electron chi connectivity index (χ3n) is 2.93. The van der Waals surface area contributed by atoms with Crippen molar-refractivity contribution in [3.8, 4) is 5.88 Å². The van der Waals surface area contributed by atoms with Crippen LogP contribution in [-0.4, -0.2) is 23.6 Å². The number of nitrogens with one attached hydrogen (secondary N) is 2. The molecule has 0 saturated carbocycles. The summed E-state index contributed by atoms with van der Waals surface area (Å²) in [6.45, 7) is 7.92. The van der Waals surface area contributed by atoms with Crippen LogP contribution in [-0.2, 0) is 13.1 Å². The molecule has 0 unspecified atom stereocenters. The van der Waals surface area contributed by atoms with Crippen LogP contribution in [0.5, 0.6) is 5.88 Å². The van der Waals surface area contributed by atoms with Crippen molar-refractivity contribution in [3.63, 3.8) is 0 Å². The average molecular weight is 444 g/mol. The quantitative estimate of drug-likeness (QED) is 0.390. The van der Waals surface area contributed by atoms with Gasteiger partial charge in [-0.25, -0.2) is 9.98 Å². The van der Waals surface area contributed by atoms with Gasteiger partial charge in [0.15, 0.2) is 5.96 Å². The van der Waals surface area contributed by atoms with Crippen molar-refractivity contribution in [1.82, 2.24) is 15.6 Å². The second-order valence-corrected chi connectivity index (χ2v) is 5.30. The van der Waals surface area contributed by atoms with Gasteiger partial charge in [0.25, 0.3) is 0 Å². The minimum atomic E-state index is 0. The van der Waals surface area contributed by atoms with Crippen molar-refractivity contribution in [2.45, 2.75) is 40.0 Å². The van der Waals surface area contributed by atoms with Crippen molar-refractivity contribution in [1.29, 1.82) is 0 Å². The standard InChI is InChI=1S/C17H24N4O2.HI/c1-4-18-17(21-12-15-6-5-9-22-15)20-11-14-7-8-16(19-10-14)23-13(2)3;/h5-10,13H,4,11-12H2,1-3H3,(H2,18,20,21);1H. The minimum Gasteiger partial charge on any atom is -0.475 e. The predicted molar refractivity (Wildman–Crippen MR) is 106 cm³/mol. The third kappa shape index (κ3) is 7.20. The Morgan fingerprint density at radius 2 is 2.12 bits per heavy atom. The first-order valence-electron chi connectivity index (χ1n) is 7.83. The zero-order chi connectivity index (χ0) is 16.5. The molecule has 2 rings (SSSR count). The SMILES string of the molecule is CCNC(=NCc1ccc(OC(C)C)nc1)NCc1ccco1.I. The van der Waals surface area contributed by atoms with E-state index >= 15 is 0 Å². The monoisotopic (exact) mass is 444 g/mol. The number of hydrogen-bond acceptors (Lipinski definition) is 4. The van der Waals surface area contributed by atoms with Gasteiger partial charge in [0.1, 0.15) is 5.76 Å². The van der Waals surface area contributed by atoms with Gasteiger partial charge in [-0.15, -0.1) is 24.0 Å². The molecule has 7 heteroatoms. The van der Waals surface area contributed by atoms with Crippen LogP contribution in [0, 0.1) is 0 Å². The van der Waals surface area contributed by atoms with Gasteiger partial charge in [0, 0.05) is 18.8 Å². The molecule has 2 N–H and O–H groups in total. The smallest absolute Gasteiger partial charge is 0.213 e. The highest BCUT2D eigenvalue weighted by Crippen LogP contribution is 2.10. The van der Waals surface area contributed by atoms with Crippen molar-refractivity contribution < 1.29 is 9.15 Å². The lowest BCUT2D eigenvalue weighted by molar-refractivity contribution is 0.232. The third-order valence-corrected chi connectivity index (χ3v) is 2.93. The topological polar surface area (TPSA) is 71.7 Å². The summed E-state index contributed by atoms with van der Waals surface area (Å²) in [5.74, 6) is 2.24. The number of nitrogens with zero attached hydrogens (tertiary/aromatic N) is 2. The van der Waals surface area contributed by atoms with E-state index in [2.05, 4.69) is 20.6 Å². The van der Waals surface area contributed by atoms with Gasteiger partial charge < -0.3 is 19.8 Å². The first-order valence-corrected chi connectivity index (χ1v) is 7.83. The van der Waals surface area contributed by atoms with E-state index in [1.54, 1.807) is 12.5 Å². The molecule has 0 bridgehead atoms. The Morgan fingerprint density at radius 1 is 1.29 bits per heavy atom. The summed E-state index contributed by atoms with van der Waals surface area (Å²) in [7, 11) is 0. The molecular formula is C17H25IN4O2. The van der Waals surface area contributed by atoms with E-state index in [1.807, 2.05) is 45.0 Å². The van der Waals surface area contributed by atoms with Gasteiger partial charge >= 0.3 is 0 Å². The summed E-state index contributed by atoms with van der Waals surface area (Å²) in [5, 5.41) is 6.44. The van der Waals surface area contributed by atoms with Crippen molar-refractivity contribution >= 4 is 29.9 Å². The molecule has 0 aliphatic heterocycles. The molecule has 0 amide bonds. The lowest BCUT2D eigenvalue weighted by atomic mass is 10.3. The molecule has 6 nitrogen and oxygen atoms in total. The summed E-state index contributed by atoms with van der Waals surface area (Å²) in [5.41, 5.74) is 1.02. The number of rotatable bonds is 7. The van der Waals surface area contributed by atoms with Crippen molar-refractivity contribution in [2.24, 2.45) is 4.99 Å². The first kappa shape index (κ1) is 20.3. The Hall–Kier alpha value is -1.77. The number of halogens is 1. The summed E-state index contributed by atoms with van der Waals surface area (Å²) in [4.78, 5) is 8.83. The highest BCUT2D eigenvalue weighted by atomic mass is 127. The average Bonchev–Trinajstić information content (AvgIpc) is 3.04. The van der Waals surface area contributed by atoms with E-state index < -0.39 is 0 Å². The van der Waals surface area contributed by atoms with E-state index in [0.29, 0.717) is 19.0 Å². The molecule has 2 heterocycles. The van der Waals surface area contributed by atoms with Crippen molar-refractivity contribution in [3.05, 3.63) is 48.0 Å². The molecule has 24 heavy (non-hydrogen) atoms. The lowest BCUT2D eigenvalue weighted by Crippen LogP contribution is -2.36. The molecule has 2 aromatic rings. The summed E-state index contributed by atoms with van der Waals surface area (Å²) < 4.78 is 10.8. The van der Waals surface area contributed by atoms with Gasteiger partial charge in [-0.3, -0.25) is 0 Å². The van der Waals surface area contributed by atoms with Crippen LogP contribution in [0.25, 0.3) is 0 Å². The van der Waals surface area contributed by atoms with Crippen LogP contribution >= 0.6 is 24.0 Å². The van der Waals surface area contributed by atoms with E-state index in [0.717, 1.165) is 23.8 Å². The fraction of sp³-hybridized carbons (Fsp3) is 0.412. The zero-order valence-corrected chi connectivity index (χ0v) is 16.6. The summed E-state index contributed by atoms with van der Waals surface area (Å²) >= 11 is 0. The van der Waals surface area contributed by atoms with Crippen LogP contribution < -0.4 is 15.4 Å². The highest BCUT2D eigenvalue weighted by Gasteiger charge is 2.02. The van der Waals surface area contributed by atoms with Crippen LogP contribution in [0.2, 0.25) is 0 Å². The van der Waals surface area contributed by atoms with Gasteiger partial charge in [0.2, 0.25) is 5.88 Å². The molecule has 0 radical (unpaired) electrons. The molecule has 0 spiro atoms. The number of pyridine rings is 1. The maximum Gasteiger partial charge on any atom is 0.213 e. The van der Waals surface area contributed by atoms with E-state index in [4.69, 9.17) is 9.15 Å². The minimum absolute atomic E-state index is 0. The number of aromatic nitrogens is 1. The maximum absolute atomic E-state index is 5.53. The Bertz CT molecular complexity index is 598. The molecule has 0 atom stereocenters. The Labute approximate surface area is 160 Å². The predicted octanol–water partition coefficient (Wildman–Crippen LogP) is 3.34. The lowest BCUT2D eigenvalue weighted by Gasteiger charge is -2.10. The number of furan rings is 1. The van der Waals surface area contributed by atoms with E-state index in [9.17, 15) is 0 Å². The van der Waals surface area contributed by atoms with Crippen LogP contribution in [0.3, 0.4) is 0 Å². The first-order chi connectivity index (χ1) is 11.2. The molecule has 0 aromatic carbocycles. The Kier molecular flexibility index (Phi) is 9.21. The fourth-order valence-electron chi connectivity index (χ4n) is 1.91. The van der Waals surface area contributed by atoms with E-state index in [-0.39, 0.29) is 30.1 Å². The maximum atomic E-state index is 5.53. The largest absolute Gasteiger partial charge is 0.475 e. The van der Waals surface area contributed by atoms with Crippen molar-refractivity contribution in [2.75, 3.05) is 6.54 Å². The normalized spacial score (nSPS) is 11.1. The second kappa shape index (κ2) is 10.9. The Balaban J connectivity index is 0.00000288. The molecule has 0 saturated heterocycles. The summed E-state index contributed by atoms with van der Waals surface area (Å²) in [6, 6.07) is 7.64. The van der Waals surface area contributed by atoms with Crippen LogP contribution in [0.1, 0.15) is 32.1 Å². The molecule has 132 valence electrons. The van der Waals surface area contributed by atoms with Gasteiger partial charge in [-0.05, 0) is 38.5 Å². The van der Waals surface area contributed by atoms with Crippen LogP contribution in [0.4, 0.5) is 0 Å². The summed E-state index contributed by atoms with van der Waals surface area (Å²) in [6.07, 6.45) is 3.57.